The number of pyridine rings is 1. The number of nitrogens with one attached hydrogen (secondary N) is 1. The molecule has 0 bridgehead atoms. The first-order valence-corrected chi connectivity index (χ1v) is 13.4. The van der Waals surface area contributed by atoms with Crippen LogP contribution < -0.4 is 14.4 Å². The van der Waals surface area contributed by atoms with Gasteiger partial charge < -0.3 is 24.2 Å². The Labute approximate surface area is 238 Å². The fourth-order valence-corrected chi connectivity index (χ4v) is 5.30. The largest absolute Gasteiger partial charge is 0.463 e. The van der Waals surface area contributed by atoms with E-state index in [0.717, 1.165) is 0 Å². The summed E-state index contributed by atoms with van der Waals surface area (Å²) in [6.07, 6.45) is 4.71. The van der Waals surface area contributed by atoms with E-state index in [2.05, 4.69) is 26.7 Å². The molecule has 1 unspecified atom stereocenters. The number of piperazine rings is 1. The molecule has 0 saturated carbocycles. The number of carbonyl (C=O) groups excluding carboxylic acids is 2. The summed E-state index contributed by atoms with van der Waals surface area (Å²) in [4.78, 5) is 43.3. The zero-order valence-electron chi connectivity index (χ0n) is 22.1. The number of benzene rings is 1. The van der Waals surface area contributed by atoms with Crippen LogP contribution in [0.4, 0.5) is 10.2 Å². The van der Waals surface area contributed by atoms with Crippen molar-refractivity contribution in [3.8, 4) is 17.6 Å². The van der Waals surface area contributed by atoms with Gasteiger partial charge in [-0.3, -0.25) is 14.7 Å². The topological polar surface area (TPSA) is 130 Å². The molecule has 5 heterocycles. The van der Waals surface area contributed by atoms with Crippen molar-refractivity contribution in [1.82, 2.24) is 34.9 Å². The average Bonchev–Trinajstić information content (AvgIpc) is 3.58. The number of aromatic amines is 1. The number of ether oxygens (including phenoxy) is 2. The summed E-state index contributed by atoms with van der Waals surface area (Å²) < 4.78 is 26.7. The smallest absolute Gasteiger partial charge is 0.319 e. The Morgan fingerprint density at radius 2 is 2.07 bits per heavy atom. The highest BCUT2D eigenvalue weighted by Crippen LogP contribution is 2.40. The second kappa shape index (κ2) is 10.8. The van der Waals surface area contributed by atoms with Gasteiger partial charge in [-0.15, -0.1) is 0 Å². The van der Waals surface area contributed by atoms with E-state index in [1.54, 1.807) is 29.1 Å². The standard InChI is InChI=1S/C27H26ClFN8O4/c1-3-20(38)36-6-8-37(9-7-36)25-16-4-5-30-26(41-24-17-12-31-34-19(17)11-18(29)22(24)28)23(16)32-27(33-25)40-14-15-10-21(39)35(2)13-15/h3-5,11-12,15H,1,6-10,13-14H2,2H3,(H,31,34). The molecule has 2 aliphatic heterocycles. The Bertz CT molecular complexity index is 1670. The third-order valence-electron chi connectivity index (χ3n) is 7.27. The van der Waals surface area contributed by atoms with Gasteiger partial charge in [-0.25, -0.2) is 9.37 Å². The Morgan fingerprint density at radius 3 is 2.80 bits per heavy atom. The number of amides is 2. The summed E-state index contributed by atoms with van der Waals surface area (Å²) in [6.45, 7) is 6.37. The van der Waals surface area contributed by atoms with Crippen LogP contribution >= 0.6 is 11.6 Å². The van der Waals surface area contributed by atoms with Crippen molar-refractivity contribution in [1.29, 1.82) is 0 Å². The lowest BCUT2D eigenvalue weighted by Crippen LogP contribution is -2.48. The molecule has 2 aliphatic rings. The van der Waals surface area contributed by atoms with Gasteiger partial charge in [0.2, 0.25) is 17.7 Å². The van der Waals surface area contributed by atoms with Crippen LogP contribution in [0.1, 0.15) is 6.42 Å². The molecule has 1 N–H and O–H groups in total. The molecule has 1 atom stereocenters. The van der Waals surface area contributed by atoms with Gasteiger partial charge in [0.1, 0.15) is 22.2 Å². The lowest BCUT2D eigenvalue weighted by atomic mass is 10.1. The molecular weight excluding hydrogens is 555 g/mol. The SMILES string of the molecule is C=CC(=O)N1CCN(c2nc(OCC3CC(=O)N(C)C3)nc3c(Oc4c(Cl)c(F)cc5[nH]ncc45)nccc23)CC1. The van der Waals surface area contributed by atoms with E-state index >= 15 is 0 Å². The fraction of sp³-hybridized carbons (Fsp3) is 0.333. The highest BCUT2D eigenvalue weighted by Gasteiger charge is 2.29. The molecule has 6 rings (SSSR count). The summed E-state index contributed by atoms with van der Waals surface area (Å²) in [5.74, 6) is -0.0710. The third kappa shape index (κ3) is 5.08. The maximum Gasteiger partial charge on any atom is 0.319 e. The molecule has 2 fully saturated rings. The molecule has 41 heavy (non-hydrogen) atoms. The highest BCUT2D eigenvalue weighted by molar-refractivity contribution is 6.33. The van der Waals surface area contributed by atoms with E-state index in [1.807, 2.05) is 4.90 Å². The van der Waals surface area contributed by atoms with E-state index in [0.29, 0.717) is 66.8 Å². The number of likely N-dealkylation sites (tertiary alicyclic amines) is 1. The van der Waals surface area contributed by atoms with E-state index in [4.69, 9.17) is 26.1 Å². The number of nitrogens with zero attached hydrogens (tertiary/aromatic N) is 7. The molecule has 1 aromatic carbocycles. The summed E-state index contributed by atoms with van der Waals surface area (Å²) in [5.41, 5.74) is 0.734. The maximum atomic E-state index is 14.6. The minimum Gasteiger partial charge on any atom is -0.463 e. The summed E-state index contributed by atoms with van der Waals surface area (Å²) >= 11 is 6.31. The lowest BCUT2D eigenvalue weighted by molar-refractivity contribution is -0.127. The van der Waals surface area contributed by atoms with Gasteiger partial charge in [0.25, 0.3) is 0 Å². The van der Waals surface area contributed by atoms with Crippen molar-refractivity contribution >= 4 is 51.0 Å². The van der Waals surface area contributed by atoms with Crippen molar-refractivity contribution in [2.45, 2.75) is 6.42 Å². The van der Waals surface area contributed by atoms with Crippen LogP contribution in [0.2, 0.25) is 5.02 Å². The Morgan fingerprint density at radius 1 is 1.27 bits per heavy atom. The molecule has 12 nitrogen and oxygen atoms in total. The number of carbonyl (C=O) groups is 2. The van der Waals surface area contributed by atoms with E-state index < -0.39 is 5.82 Å². The van der Waals surface area contributed by atoms with Crippen LogP contribution in [-0.4, -0.2) is 93.1 Å². The number of fused-ring (bicyclic) bond motifs is 2. The molecular formula is C27H26ClFN8O4. The first kappa shape index (κ1) is 26.7. The average molecular weight is 581 g/mol. The first-order chi connectivity index (χ1) is 19.8. The summed E-state index contributed by atoms with van der Waals surface area (Å²) in [6, 6.07) is 3.08. The normalized spacial score (nSPS) is 17.5. The predicted molar refractivity (Wildman–Crippen MR) is 149 cm³/mol. The molecule has 0 aliphatic carbocycles. The van der Waals surface area contributed by atoms with Crippen LogP contribution in [0.5, 0.6) is 17.6 Å². The quantitative estimate of drug-likeness (QED) is 0.328. The van der Waals surface area contributed by atoms with Gasteiger partial charge in [0.15, 0.2) is 5.75 Å². The van der Waals surface area contributed by atoms with E-state index in [9.17, 15) is 14.0 Å². The molecule has 14 heteroatoms. The van der Waals surface area contributed by atoms with Crippen molar-refractivity contribution in [2.24, 2.45) is 5.92 Å². The molecule has 0 radical (unpaired) electrons. The molecule has 212 valence electrons. The van der Waals surface area contributed by atoms with Crippen molar-refractivity contribution in [3.63, 3.8) is 0 Å². The van der Waals surface area contributed by atoms with Crippen LogP contribution in [0.25, 0.3) is 21.8 Å². The van der Waals surface area contributed by atoms with Crippen LogP contribution in [0.15, 0.2) is 37.2 Å². The number of aromatic nitrogens is 5. The first-order valence-electron chi connectivity index (χ1n) is 13.0. The summed E-state index contributed by atoms with van der Waals surface area (Å²) in [5, 5.41) is 7.56. The number of H-pyrrole nitrogens is 1. The number of hydrogen-bond acceptors (Lipinski definition) is 9. The number of hydrogen-bond donors (Lipinski definition) is 1. The van der Waals surface area contributed by atoms with E-state index in [1.165, 1.54) is 18.3 Å². The van der Waals surface area contributed by atoms with Gasteiger partial charge >= 0.3 is 6.01 Å². The van der Waals surface area contributed by atoms with Crippen LogP contribution in [0, 0.1) is 11.7 Å². The molecule has 0 spiro atoms. The van der Waals surface area contributed by atoms with Crippen LogP contribution in [-0.2, 0) is 9.59 Å². The van der Waals surface area contributed by atoms with Gasteiger partial charge in [-0.1, -0.05) is 18.2 Å². The van der Waals surface area contributed by atoms with E-state index in [-0.39, 0.29) is 47.0 Å². The maximum absolute atomic E-state index is 14.6. The monoisotopic (exact) mass is 580 g/mol. The molecule has 2 amide bonds. The molecule has 4 aromatic rings. The van der Waals surface area contributed by atoms with Crippen molar-refractivity contribution in [3.05, 3.63) is 48.0 Å². The Balaban J connectivity index is 1.39. The predicted octanol–water partition coefficient (Wildman–Crippen LogP) is 3.18. The van der Waals surface area contributed by atoms with Gasteiger partial charge in [-0.05, 0) is 12.1 Å². The highest BCUT2D eigenvalue weighted by atomic mass is 35.5. The lowest BCUT2D eigenvalue weighted by Gasteiger charge is -2.35. The molecule has 2 saturated heterocycles. The van der Waals surface area contributed by atoms with Crippen LogP contribution in [0.3, 0.4) is 0 Å². The Kier molecular flexibility index (Phi) is 7.03. The summed E-state index contributed by atoms with van der Waals surface area (Å²) in [7, 11) is 1.76. The number of anilines is 1. The minimum absolute atomic E-state index is 0.00574. The van der Waals surface area contributed by atoms with Crippen molar-refractivity contribution in [2.75, 3.05) is 51.3 Å². The third-order valence-corrected chi connectivity index (χ3v) is 7.62. The zero-order chi connectivity index (χ0) is 28.7. The Hall–Kier alpha value is -4.52. The zero-order valence-corrected chi connectivity index (χ0v) is 22.9. The minimum atomic E-state index is -0.680. The molecule has 3 aromatic heterocycles. The van der Waals surface area contributed by atoms with Gasteiger partial charge in [-0.2, -0.15) is 15.1 Å². The van der Waals surface area contributed by atoms with Crippen molar-refractivity contribution < 1.29 is 23.5 Å². The van der Waals surface area contributed by atoms with Gasteiger partial charge in [0, 0.05) is 64.4 Å². The fourth-order valence-electron chi connectivity index (χ4n) is 5.10. The number of halogens is 2. The second-order valence-electron chi connectivity index (χ2n) is 9.95. The second-order valence-corrected chi connectivity index (χ2v) is 10.3. The number of rotatable bonds is 7. The van der Waals surface area contributed by atoms with Gasteiger partial charge in [0.05, 0.1) is 29.1 Å².